The van der Waals surface area contributed by atoms with Crippen LogP contribution >= 0.6 is 0 Å². The Balaban J connectivity index is 2.08. The molecule has 26 heavy (non-hydrogen) atoms. The zero-order chi connectivity index (χ0) is 19.1. The molecule has 6 nitrogen and oxygen atoms in total. The second kappa shape index (κ2) is 6.85. The van der Waals surface area contributed by atoms with Gasteiger partial charge < -0.3 is 9.47 Å². The summed E-state index contributed by atoms with van der Waals surface area (Å²) in [6.07, 6.45) is 2.67. The van der Waals surface area contributed by atoms with Crippen LogP contribution in [0.4, 0.5) is 0 Å². The third-order valence-corrected chi connectivity index (χ3v) is 6.91. The molecular weight excluding hydrogens is 354 g/mol. The molecule has 1 aromatic rings. The molecule has 1 atom stereocenters. The molecule has 0 aromatic heterocycles. The van der Waals surface area contributed by atoms with E-state index in [-0.39, 0.29) is 11.8 Å². The standard InChI is InChI=1S/C19H27NO5S/c1-5-26(22,23)20(12-13-6-7-13)16-11-19(2,3)25-17-9-8-14(10-15(16)17)18(21)24-4/h8-10,13,16H,5-7,11-12H2,1-4H3. The molecule has 1 saturated carbocycles. The number of carbonyl (C=O) groups is 1. The summed E-state index contributed by atoms with van der Waals surface area (Å²) in [6.45, 7) is 6.13. The van der Waals surface area contributed by atoms with Gasteiger partial charge in [0.2, 0.25) is 10.0 Å². The number of carbonyl (C=O) groups excluding carboxylic acids is 1. The Morgan fingerprint density at radius 2 is 2.04 bits per heavy atom. The highest BCUT2D eigenvalue weighted by Crippen LogP contribution is 2.45. The van der Waals surface area contributed by atoms with Gasteiger partial charge in [0.05, 0.1) is 24.5 Å². The number of esters is 1. The zero-order valence-electron chi connectivity index (χ0n) is 15.8. The van der Waals surface area contributed by atoms with E-state index in [4.69, 9.17) is 9.47 Å². The fourth-order valence-corrected chi connectivity index (χ4v) is 4.82. The van der Waals surface area contributed by atoms with Gasteiger partial charge in [0.25, 0.3) is 0 Å². The SMILES string of the molecule is CCS(=O)(=O)N(CC1CC1)C1CC(C)(C)Oc2ccc(C(=O)OC)cc21. The Kier molecular flexibility index (Phi) is 5.05. The summed E-state index contributed by atoms with van der Waals surface area (Å²) in [7, 11) is -2.05. The Hall–Kier alpha value is -1.60. The van der Waals surface area contributed by atoms with Crippen LogP contribution < -0.4 is 4.74 Å². The molecule has 1 heterocycles. The molecular formula is C19H27NO5S. The number of fused-ring (bicyclic) bond motifs is 1. The first-order valence-electron chi connectivity index (χ1n) is 9.07. The summed E-state index contributed by atoms with van der Waals surface area (Å²) >= 11 is 0. The fraction of sp³-hybridized carbons (Fsp3) is 0.632. The first-order valence-corrected chi connectivity index (χ1v) is 10.7. The molecule has 1 aromatic carbocycles. The average molecular weight is 381 g/mol. The molecule has 0 N–H and O–H groups in total. The lowest BCUT2D eigenvalue weighted by Crippen LogP contribution is -2.45. The summed E-state index contributed by atoms with van der Waals surface area (Å²) < 4.78 is 38.2. The van der Waals surface area contributed by atoms with Gasteiger partial charge in [-0.1, -0.05) is 0 Å². The van der Waals surface area contributed by atoms with Crippen LogP contribution in [0.25, 0.3) is 0 Å². The second-order valence-electron chi connectivity index (χ2n) is 7.74. The minimum atomic E-state index is -3.38. The smallest absolute Gasteiger partial charge is 0.337 e. The topological polar surface area (TPSA) is 72.9 Å². The molecule has 7 heteroatoms. The van der Waals surface area contributed by atoms with Gasteiger partial charge in [-0.2, -0.15) is 4.31 Å². The molecule has 144 valence electrons. The molecule has 0 bridgehead atoms. The Morgan fingerprint density at radius 3 is 2.62 bits per heavy atom. The number of hydrogen-bond donors (Lipinski definition) is 0. The van der Waals surface area contributed by atoms with Crippen molar-refractivity contribution in [2.24, 2.45) is 5.92 Å². The van der Waals surface area contributed by atoms with E-state index >= 15 is 0 Å². The molecule has 1 aliphatic carbocycles. The van der Waals surface area contributed by atoms with E-state index < -0.39 is 21.6 Å². The lowest BCUT2D eigenvalue weighted by Gasteiger charge is -2.42. The fourth-order valence-electron chi connectivity index (χ4n) is 3.47. The van der Waals surface area contributed by atoms with Gasteiger partial charge >= 0.3 is 5.97 Å². The number of methoxy groups -OCH3 is 1. The summed E-state index contributed by atoms with van der Waals surface area (Å²) in [5, 5.41) is 0. The first kappa shape index (κ1) is 19.2. The van der Waals surface area contributed by atoms with Crippen molar-refractivity contribution in [3.05, 3.63) is 29.3 Å². The molecule has 0 radical (unpaired) electrons. The predicted octanol–water partition coefficient (Wildman–Crippen LogP) is 3.14. The van der Waals surface area contributed by atoms with Crippen LogP contribution in [0.1, 0.15) is 62.0 Å². The van der Waals surface area contributed by atoms with Crippen molar-refractivity contribution >= 4 is 16.0 Å². The first-order chi connectivity index (χ1) is 12.2. The monoisotopic (exact) mass is 381 g/mol. The predicted molar refractivity (Wildman–Crippen MR) is 98.7 cm³/mol. The van der Waals surface area contributed by atoms with Gasteiger partial charge in [0, 0.05) is 18.5 Å². The number of nitrogens with zero attached hydrogens (tertiary/aromatic N) is 1. The maximum atomic E-state index is 12.9. The third kappa shape index (κ3) is 3.88. The molecule has 1 unspecified atom stereocenters. The van der Waals surface area contributed by atoms with E-state index in [1.807, 2.05) is 13.8 Å². The third-order valence-electron chi connectivity index (χ3n) is 5.07. The molecule has 0 amide bonds. The maximum Gasteiger partial charge on any atom is 0.337 e. The Labute approximate surface area is 155 Å². The van der Waals surface area contributed by atoms with Crippen molar-refractivity contribution in [2.75, 3.05) is 19.4 Å². The van der Waals surface area contributed by atoms with E-state index in [0.29, 0.717) is 30.2 Å². The van der Waals surface area contributed by atoms with Crippen LogP contribution in [0.2, 0.25) is 0 Å². The van der Waals surface area contributed by atoms with Crippen molar-refractivity contribution in [1.82, 2.24) is 4.31 Å². The minimum absolute atomic E-state index is 0.0591. The van der Waals surface area contributed by atoms with Gasteiger partial charge in [-0.15, -0.1) is 0 Å². The highest BCUT2D eigenvalue weighted by atomic mass is 32.2. The molecule has 1 aliphatic heterocycles. The Morgan fingerprint density at radius 1 is 1.35 bits per heavy atom. The summed E-state index contributed by atoms with van der Waals surface area (Å²) in [4.78, 5) is 11.9. The number of hydrogen-bond acceptors (Lipinski definition) is 5. The zero-order valence-corrected chi connectivity index (χ0v) is 16.6. The highest BCUT2D eigenvalue weighted by molar-refractivity contribution is 7.89. The number of ether oxygens (including phenoxy) is 2. The largest absolute Gasteiger partial charge is 0.487 e. The van der Waals surface area contributed by atoms with Crippen LogP contribution in [-0.4, -0.2) is 43.7 Å². The number of benzene rings is 1. The van der Waals surface area contributed by atoms with Gasteiger partial charge in [-0.3, -0.25) is 0 Å². The van der Waals surface area contributed by atoms with Crippen LogP contribution in [0.3, 0.4) is 0 Å². The van der Waals surface area contributed by atoms with Gasteiger partial charge in [0.1, 0.15) is 11.4 Å². The molecule has 1 fully saturated rings. The average Bonchev–Trinajstić information content (AvgIpc) is 3.41. The van der Waals surface area contributed by atoms with Crippen molar-refractivity contribution in [3.63, 3.8) is 0 Å². The van der Waals surface area contributed by atoms with E-state index in [2.05, 4.69) is 0 Å². The lowest BCUT2D eigenvalue weighted by molar-refractivity contribution is 0.0492. The normalized spacial score (nSPS) is 21.8. The van der Waals surface area contributed by atoms with Gasteiger partial charge in [0.15, 0.2) is 0 Å². The van der Waals surface area contributed by atoms with Crippen LogP contribution in [-0.2, 0) is 14.8 Å². The van der Waals surface area contributed by atoms with Gasteiger partial charge in [-0.25, -0.2) is 13.2 Å². The van der Waals surface area contributed by atoms with E-state index in [1.165, 1.54) is 7.11 Å². The summed E-state index contributed by atoms with van der Waals surface area (Å²) in [6, 6.07) is 4.77. The maximum absolute atomic E-state index is 12.9. The van der Waals surface area contributed by atoms with Crippen molar-refractivity contribution in [2.45, 2.75) is 51.7 Å². The highest BCUT2D eigenvalue weighted by Gasteiger charge is 2.42. The van der Waals surface area contributed by atoms with Crippen molar-refractivity contribution < 1.29 is 22.7 Å². The van der Waals surface area contributed by atoms with E-state index in [9.17, 15) is 13.2 Å². The Bertz CT molecular complexity index is 798. The molecule has 2 aliphatic rings. The quantitative estimate of drug-likeness (QED) is 0.708. The molecule has 0 spiro atoms. The van der Waals surface area contributed by atoms with Crippen LogP contribution in [0, 0.1) is 5.92 Å². The van der Waals surface area contributed by atoms with Crippen molar-refractivity contribution in [1.29, 1.82) is 0 Å². The second-order valence-corrected chi connectivity index (χ2v) is 9.95. The van der Waals surface area contributed by atoms with Crippen molar-refractivity contribution in [3.8, 4) is 5.75 Å². The van der Waals surface area contributed by atoms with Crippen LogP contribution in [0.15, 0.2) is 18.2 Å². The summed E-state index contributed by atoms with van der Waals surface area (Å²) in [5.41, 5.74) is 0.653. The van der Waals surface area contributed by atoms with E-state index in [0.717, 1.165) is 18.4 Å². The molecule has 0 saturated heterocycles. The molecule has 3 rings (SSSR count). The van der Waals surface area contributed by atoms with E-state index in [1.54, 1.807) is 29.4 Å². The number of rotatable bonds is 6. The minimum Gasteiger partial charge on any atom is -0.487 e. The van der Waals surface area contributed by atoms with Gasteiger partial charge in [-0.05, 0) is 57.7 Å². The lowest BCUT2D eigenvalue weighted by atomic mass is 9.88. The van der Waals surface area contributed by atoms with Crippen LogP contribution in [0.5, 0.6) is 5.75 Å². The summed E-state index contributed by atoms with van der Waals surface area (Å²) in [5.74, 6) is 0.674. The number of sulfonamides is 1.